The van der Waals surface area contributed by atoms with Crippen LogP contribution in [0.25, 0.3) is 0 Å². The SMILES string of the molecule is C#C[C@]1(CO)O[C@@H](n2ccc(N)nc2=O)[C@@H]2OC3(CCCC3)O[C@@H]21. The van der Waals surface area contributed by atoms with Crippen LogP contribution in [0.1, 0.15) is 31.9 Å². The second-order valence-electron chi connectivity index (χ2n) is 6.48. The molecule has 0 amide bonds. The third kappa shape index (κ3) is 2.09. The van der Waals surface area contributed by atoms with Gasteiger partial charge in [-0.2, -0.15) is 4.98 Å². The Morgan fingerprint density at radius 2 is 2.17 bits per heavy atom. The van der Waals surface area contributed by atoms with Crippen molar-refractivity contribution in [2.75, 3.05) is 12.3 Å². The van der Waals surface area contributed by atoms with E-state index >= 15 is 0 Å². The molecule has 0 unspecified atom stereocenters. The minimum absolute atomic E-state index is 0.118. The second kappa shape index (κ2) is 5.29. The van der Waals surface area contributed by atoms with Crippen molar-refractivity contribution in [1.29, 1.82) is 0 Å². The molecule has 1 aliphatic carbocycles. The summed E-state index contributed by atoms with van der Waals surface area (Å²) in [7, 11) is 0. The van der Waals surface area contributed by atoms with Crippen LogP contribution in [0.15, 0.2) is 17.1 Å². The van der Waals surface area contributed by atoms with Crippen LogP contribution >= 0.6 is 0 Å². The molecule has 2 aliphatic heterocycles. The summed E-state index contributed by atoms with van der Waals surface area (Å²) in [5.41, 5.74) is 3.61. The second-order valence-corrected chi connectivity index (χ2v) is 6.48. The molecule has 3 aliphatic rings. The number of aliphatic hydroxyl groups excluding tert-OH is 1. The first kappa shape index (κ1) is 15.6. The highest BCUT2D eigenvalue weighted by Crippen LogP contribution is 2.52. The van der Waals surface area contributed by atoms with Crippen LogP contribution in [0.3, 0.4) is 0 Å². The normalized spacial score (nSPS) is 36.8. The number of nitrogens with two attached hydrogens (primary N) is 1. The minimum atomic E-state index is -1.36. The summed E-state index contributed by atoms with van der Waals surface area (Å²) in [4.78, 5) is 15.9. The molecule has 0 aromatic carbocycles. The van der Waals surface area contributed by atoms with Crippen molar-refractivity contribution in [3.05, 3.63) is 22.7 Å². The number of terminal acetylenes is 1. The molecule has 0 bridgehead atoms. The van der Waals surface area contributed by atoms with Gasteiger partial charge in [0.25, 0.3) is 0 Å². The van der Waals surface area contributed by atoms with Crippen molar-refractivity contribution in [3.8, 4) is 12.3 Å². The Morgan fingerprint density at radius 3 is 2.79 bits per heavy atom. The number of fused-ring (bicyclic) bond motifs is 1. The number of anilines is 1. The van der Waals surface area contributed by atoms with E-state index in [1.807, 2.05) is 0 Å². The number of hydrogen-bond acceptors (Lipinski definition) is 7. The molecule has 0 radical (unpaired) electrons. The van der Waals surface area contributed by atoms with E-state index in [1.165, 1.54) is 16.8 Å². The van der Waals surface area contributed by atoms with Crippen LogP contribution in [0.2, 0.25) is 0 Å². The Labute approximate surface area is 138 Å². The molecule has 4 atom stereocenters. The molecule has 3 fully saturated rings. The molecule has 1 aromatic heterocycles. The van der Waals surface area contributed by atoms with Crippen LogP contribution in [0.4, 0.5) is 5.82 Å². The van der Waals surface area contributed by atoms with Gasteiger partial charge in [-0.25, -0.2) is 4.79 Å². The summed E-state index contributed by atoms with van der Waals surface area (Å²) in [6.07, 6.45) is 8.54. The van der Waals surface area contributed by atoms with Crippen molar-refractivity contribution in [2.45, 2.75) is 55.5 Å². The molecular weight excluding hydrogens is 314 g/mol. The third-order valence-electron chi connectivity index (χ3n) is 5.03. The van der Waals surface area contributed by atoms with Gasteiger partial charge in [0.1, 0.15) is 18.0 Å². The standard InChI is InChI=1S/C16H19N3O5/c1-2-15(9-20)12-11(22-16(23-12)6-3-4-7-16)13(24-15)19-8-5-10(17)18-14(19)21/h1,5,8,11-13,20H,3-4,6-7,9H2,(H2,17,18,21)/t11-,12+,13-,15-/m1/s1. The highest BCUT2D eigenvalue weighted by Gasteiger charge is 2.65. The lowest BCUT2D eigenvalue weighted by Crippen LogP contribution is -2.45. The number of nitrogen functional groups attached to an aromatic ring is 1. The number of nitrogens with zero attached hydrogens (tertiary/aromatic N) is 2. The van der Waals surface area contributed by atoms with Crippen molar-refractivity contribution >= 4 is 5.82 Å². The Bertz CT molecular complexity index is 751. The van der Waals surface area contributed by atoms with E-state index < -0.39 is 42.1 Å². The van der Waals surface area contributed by atoms with Gasteiger partial charge in [0.05, 0.1) is 6.61 Å². The first-order valence-electron chi connectivity index (χ1n) is 7.99. The fourth-order valence-electron chi connectivity index (χ4n) is 3.83. The lowest BCUT2D eigenvalue weighted by molar-refractivity contribution is -0.228. The molecule has 24 heavy (non-hydrogen) atoms. The van der Waals surface area contributed by atoms with E-state index in [0.29, 0.717) is 0 Å². The van der Waals surface area contributed by atoms with Crippen molar-refractivity contribution in [3.63, 3.8) is 0 Å². The summed E-state index contributed by atoms with van der Waals surface area (Å²) in [6, 6.07) is 1.50. The van der Waals surface area contributed by atoms with Crippen LogP contribution in [0, 0.1) is 12.3 Å². The molecule has 3 N–H and O–H groups in total. The lowest BCUT2D eigenvalue weighted by Gasteiger charge is -2.30. The summed E-state index contributed by atoms with van der Waals surface area (Å²) >= 11 is 0. The number of rotatable bonds is 2. The summed E-state index contributed by atoms with van der Waals surface area (Å²) in [5, 5.41) is 9.85. The zero-order valence-electron chi connectivity index (χ0n) is 13.1. The summed E-state index contributed by atoms with van der Waals surface area (Å²) in [5.74, 6) is 1.91. The van der Waals surface area contributed by atoms with E-state index in [0.717, 1.165) is 25.7 Å². The van der Waals surface area contributed by atoms with Crippen molar-refractivity contribution < 1.29 is 19.3 Å². The highest BCUT2D eigenvalue weighted by molar-refractivity contribution is 5.25. The van der Waals surface area contributed by atoms with E-state index in [2.05, 4.69) is 10.9 Å². The summed E-state index contributed by atoms with van der Waals surface area (Å²) < 4.78 is 19.5. The Kier molecular flexibility index (Phi) is 3.44. The Hall–Kier alpha value is -1.92. The van der Waals surface area contributed by atoms with Crippen LogP contribution < -0.4 is 11.4 Å². The highest BCUT2D eigenvalue weighted by atomic mass is 16.8. The van der Waals surface area contributed by atoms with Crippen molar-refractivity contribution in [2.24, 2.45) is 0 Å². The first-order chi connectivity index (χ1) is 11.5. The molecule has 1 spiro atoms. The predicted octanol–water partition coefficient (Wildman–Crippen LogP) is -0.227. The zero-order chi connectivity index (χ0) is 16.9. The van der Waals surface area contributed by atoms with E-state index in [-0.39, 0.29) is 5.82 Å². The number of hydrogen-bond donors (Lipinski definition) is 2. The van der Waals surface area contributed by atoms with Gasteiger partial charge in [-0.3, -0.25) is 4.57 Å². The third-order valence-corrected chi connectivity index (χ3v) is 5.03. The fourth-order valence-corrected chi connectivity index (χ4v) is 3.83. The number of aromatic nitrogens is 2. The molecule has 8 heteroatoms. The van der Waals surface area contributed by atoms with Gasteiger partial charge >= 0.3 is 5.69 Å². The fraction of sp³-hybridized carbons (Fsp3) is 0.625. The lowest BCUT2D eigenvalue weighted by atomic mass is 9.97. The maximum Gasteiger partial charge on any atom is 0.351 e. The topological polar surface area (TPSA) is 109 Å². The Balaban J connectivity index is 1.76. The van der Waals surface area contributed by atoms with Crippen LogP contribution in [-0.2, 0) is 14.2 Å². The summed E-state index contributed by atoms with van der Waals surface area (Å²) in [6.45, 7) is -0.433. The average molecular weight is 333 g/mol. The van der Waals surface area contributed by atoms with Gasteiger partial charge in [0.2, 0.25) is 0 Å². The first-order valence-corrected chi connectivity index (χ1v) is 7.99. The Morgan fingerprint density at radius 1 is 1.42 bits per heavy atom. The van der Waals surface area contributed by atoms with Crippen LogP contribution in [-0.4, -0.2) is 44.9 Å². The smallest absolute Gasteiger partial charge is 0.351 e. The molecule has 4 rings (SSSR count). The van der Waals surface area contributed by atoms with Gasteiger partial charge in [-0.1, -0.05) is 5.92 Å². The van der Waals surface area contributed by atoms with Gasteiger partial charge in [-0.15, -0.1) is 6.42 Å². The minimum Gasteiger partial charge on any atom is -0.392 e. The predicted molar refractivity (Wildman–Crippen MR) is 82.6 cm³/mol. The van der Waals surface area contributed by atoms with Gasteiger partial charge in [0.15, 0.2) is 17.6 Å². The monoisotopic (exact) mass is 333 g/mol. The molecule has 1 aromatic rings. The quantitative estimate of drug-likeness (QED) is 0.720. The largest absolute Gasteiger partial charge is 0.392 e. The number of aliphatic hydroxyl groups is 1. The van der Waals surface area contributed by atoms with Gasteiger partial charge in [0, 0.05) is 19.0 Å². The van der Waals surface area contributed by atoms with Crippen molar-refractivity contribution in [1.82, 2.24) is 9.55 Å². The van der Waals surface area contributed by atoms with E-state index in [9.17, 15) is 9.90 Å². The maximum atomic E-state index is 12.2. The van der Waals surface area contributed by atoms with Crippen LogP contribution in [0.5, 0.6) is 0 Å². The van der Waals surface area contributed by atoms with E-state index in [4.69, 9.17) is 26.4 Å². The zero-order valence-corrected chi connectivity index (χ0v) is 13.1. The molecule has 3 heterocycles. The molecule has 128 valence electrons. The molecular formula is C16H19N3O5. The van der Waals surface area contributed by atoms with Gasteiger partial charge in [-0.05, 0) is 18.9 Å². The van der Waals surface area contributed by atoms with Gasteiger partial charge < -0.3 is 25.1 Å². The van der Waals surface area contributed by atoms with E-state index in [1.54, 1.807) is 0 Å². The number of ether oxygens (including phenoxy) is 3. The molecule has 8 nitrogen and oxygen atoms in total. The molecule has 2 saturated heterocycles. The maximum absolute atomic E-state index is 12.2. The molecule has 1 saturated carbocycles. The average Bonchev–Trinajstić information content (AvgIpc) is 3.24.